The number of rotatable bonds is 10. The van der Waals surface area contributed by atoms with Crippen LogP contribution < -0.4 is 15.0 Å². The summed E-state index contributed by atoms with van der Waals surface area (Å²) >= 11 is 1.44. The molecular weight excluding hydrogens is 543 g/mol. The van der Waals surface area contributed by atoms with E-state index in [1.165, 1.54) is 28.8 Å². The van der Waals surface area contributed by atoms with Gasteiger partial charge in [-0.1, -0.05) is 42.5 Å². The number of nitrogens with one attached hydrogen (secondary N) is 1. The van der Waals surface area contributed by atoms with E-state index in [0.717, 1.165) is 16.7 Å². The van der Waals surface area contributed by atoms with Crippen LogP contribution in [0.2, 0.25) is 0 Å². The van der Waals surface area contributed by atoms with Crippen LogP contribution in [0.5, 0.6) is 5.75 Å². The predicted molar refractivity (Wildman–Crippen MR) is 158 cm³/mol. The van der Waals surface area contributed by atoms with Crippen molar-refractivity contribution in [1.29, 1.82) is 0 Å². The lowest BCUT2D eigenvalue weighted by molar-refractivity contribution is -0.122. The highest BCUT2D eigenvalue weighted by Crippen LogP contribution is 2.48. The molecule has 0 unspecified atom stereocenters. The first-order valence-electron chi connectivity index (χ1n) is 13.3. The lowest BCUT2D eigenvalue weighted by atomic mass is 9.99. The van der Waals surface area contributed by atoms with E-state index in [4.69, 9.17) is 14.6 Å². The Morgan fingerprint density at radius 2 is 1.78 bits per heavy atom. The van der Waals surface area contributed by atoms with E-state index in [0.29, 0.717) is 42.5 Å². The molecule has 3 aromatic carbocycles. The zero-order valence-corrected chi connectivity index (χ0v) is 23.7. The molecule has 0 radical (unpaired) electrons. The molecule has 0 saturated heterocycles. The molecule has 212 valence electrons. The average Bonchev–Trinajstić information content (AvgIpc) is 3.33. The van der Waals surface area contributed by atoms with E-state index in [1.807, 2.05) is 54.6 Å². The molecule has 0 fully saturated rings. The SMILES string of the molecule is COCCCNC(=O)CN1C(=O)CS[C@@H](c2ccc(F)cc2)c2c(-c3ccccc3)nn(-c3ccc(OC)cc3)c21. The van der Waals surface area contributed by atoms with Gasteiger partial charge in [0.15, 0.2) is 0 Å². The maximum absolute atomic E-state index is 13.9. The first-order valence-corrected chi connectivity index (χ1v) is 14.3. The maximum Gasteiger partial charge on any atom is 0.240 e. The summed E-state index contributed by atoms with van der Waals surface area (Å²) in [6, 6.07) is 23.4. The van der Waals surface area contributed by atoms with E-state index >= 15 is 0 Å². The van der Waals surface area contributed by atoms with Crippen LogP contribution in [0.1, 0.15) is 22.8 Å². The number of hydrogen-bond acceptors (Lipinski definition) is 6. The summed E-state index contributed by atoms with van der Waals surface area (Å²) in [5.41, 5.74) is 3.86. The maximum atomic E-state index is 13.9. The Kier molecular flexibility index (Phi) is 9.01. The predicted octanol–water partition coefficient (Wildman–Crippen LogP) is 5.01. The number of carbonyl (C=O) groups is 2. The highest BCUT2D eigenvalue weighted by molar-refractivity contribution is 8.00. The number of anilines is 1. The molecule has 0 bridgehead atoms. The molecule has 1 aliphatic heterocycles. The molecule has 1 aromatic heterocycles. The summed E-state index contributed by atoms with van der Waals surface area (Å²) in [6.45, 7) is 0.779. The van der Waals surface area contributed by atoms with Crippen LogP contribution in [0.3, 0.4) is 0 Å². The molecular formula is C31H31FN4O4S. The van der Waals surface area contributed by atoms with Crippen molar-refractivity contribution in [2.24, 2.45) is 0 Å². The Labute approximate surface area is 242 Å². The van der Waals surface area contributed by atoms with Crippen molar-refractivity contribution in [2.45, 2.75) is 11.7 Å². The van der Waals surface area contributed by atoms with Crippen LogP contribution in [0.15, 0.2) is 78.9 Å². The third kappa shape index (κ3) is 6.28. The highest BCUT2D eigenvalue weighted by Gasteiger charge is 2.37. The molecule has 0 spiro atoms. The molecule has 10 heteroatoms. The summed E-state index contributed by atoms with van der Waals surface area (Å²) < 4.78 is 26.1. The Hall–Kier alpha value is -4.15. The molecule has 5 rings (SSSR count). The number of halogens is 1. The van der Waals surface area contributed by atoms with Crippen molar-refractivity contribution in [3.63, 3.8) is 0 Å². The van der Waals surface area contributed by atoms with Gasteiger partial charge < -0.3 is 14.8 Å². The standard InChI is InChI=1S/C31H31FN4O4S/c1-39-18-6-17-33-26(37)19-35-27(38)20-41-30(22-9-11-23(32)12-10-22)28-29(21-7-4-3-5-8-21)34-36(31(28)35)24-13-15-25(40-2)16-14-24/h3-5,7-16,30H,6,17-20H2,1-2H3,(H,33,37)/t30-/m0/s1. The monoisotopic (exact) mass is 574 g/mol. The minimum absolute atomic E-state index is 0.129. The number of benzene rings is 3. The van der Waals surface area contributed by atoms with E-state index in [-0.39, 0.29) is 35.2 Å². The van der Waals surface area contributed by atoms with Crippen LogP contribution >= 0.6 is 11.8 Å². The summed E-state index contributed by atoms with van der Waals surface area (Å²) in [7, 11) is 3.21. The number of fused-ring (bicyclic) bond motifs is 1. The van der Waals surface area contributed by atoms with Crippen LogP contribution in [-0.4, -0.2) is 61.3 Å². The quantitative estimate of drug-likeness (QED) is 0.268. The smallest absolute Gasteiger partial charge is 0.240 e. The van der Waals surface area contributed by atoms with Crippen molar-refractivity contribution < 1.29 is 23.5 Å². The molecule has 1 N–H and O–H groups in total. The first kappa shape index (κ1) is 28.4. The normalized spacial score (nSPS) is 14.9. The molecule has 4 aromatic rings. The fraction of sp³-hybridized carbons (Fsp3) is 0.258. The fourth-order valence-corrected chi connectivity index (χ4v) is 5.97. The van der Waals surface area contributed by atoms with Gasteiger partial charge in [0, 0.05) is 31.4 Å². The van der Waals surface area contributed by atoms with E-state index in [2.05, 4.69) is 5.32 Å². The van der Waals surface area contributed by atoms with E-state index in [9.17, 15) is 14.0 Å². The molecule has 8 nitrogen and oxygen atoms in total. The van der Waals surface area contributed by atoms with E-state index < -0.39 is 0 Å². The lowest BCUT2D eigenvalue weighted by Gasteiger charge is -2.23. The van der Waals surface area contributed by atoms with Gasteiger partial charge >= 0.3 is 0 Å². The van der Waals surface area contributed by atoms with Crippen molar-refractivity contribution in [2.75, 3.05) is 44.6 Å². The molecule has 2 amide bonds. The summed E-state index contributed by atoms with van der Waals surface area (Å²) in [5, 5.41) is 7.60. The number of hydrogen-bond donors (Lipinski definition) is 1. The van der Waals surface area contributed by atoms with E-state index in [1.54, 1.807) is 31.0 Å². The van der Waals surface area contributed by atoms with Gasteiger partial charge in [-0.05, 0) is 48.4 Å². The number of nitrogens with zero attached hydrogens (tertiary/aromatic N) is 3. The molecule has 2 heterocycles. The second-order valence-electron chi connectivity index (χ2n) is 9.48. The van der Waals surface area contributed by atoms with Gasteiger partial charge in [0.2, 0.25) is 11.8 Å². The Bertz CT molecular complexity index is 1490. The molecule has 1 atom stereocenters. The molecule has 0 saturated carbocycles. The van der Waals surface area contributed by atoms with Crippen molar-refractivity contribution >= 4 is 29.4 Å². The number of aromatic nitrogens is 2. The van der Waals surface area contributed by atoms with Gasteiger partial charge in [0.05, 0.1) is 29.5 Å². The van der Waals surface area contributed by atoms with Gasteiger partial charge in [0.25, 0.3) is 0 Å². The highest BCUT2D eigenvalue weighted by atomic mass is 32.2. The molecule has 41 heavy (non-hydrogen) atoms. The topological polar surface area (TPSA) is 85.7 Å². The van der Waals surface area contributed by atoms with Gasteiger partial charge in [-0.2, -0.15) is 5.10 Å². The summed E-state index contributed by atoms with van der Waals surface area (Å²) in [4.78, 5) is 28.3. The second-order valence-corrected chi connectivity index (χ2v) is 10.6. The van der Waals surface area contributed by atoms with Gasteiger partial charge in [-0.15, -0.1) is 11.8 Å². The van der Waals surface area contributed by atoms with Crippen LogP contribution in [0.25, 0.3) is 16.9 Å². The minimum atomic E-state index is -0.341. The molecule has 1 aliphatic rings. The van der Waals surface area contributed by atoms with Gasteiger partial charge in [0.1, 0.15) is 23.9 Å². The third-order valence-electron chi connectivity index (χ3n) is 6.78. The van der Waals surface area contributed by atoms with Crippen LogP contribution in [0.4, 0.5) is 10.2 Å². The minimum Gasteiger partial charge on any atom is -0.497 e. The van der Waals surface area contributed by atoms with Crippen LogP contribution in [0, 0.1) is 5.82 Å². The average molecular weight is 575 g/mol. The number of carbonyl (C=O) groups excluding carboxylic acids is 2. The Balaban J connectivity index is 1.70. The van der Waals surface area contributed by atoms with Crippen molar-refractivity contribution in [3.8, 4) is 22.7 Å². The van der Waals surface area contributed by atoms with Gasteiger partial charge in [-0.3, -0.25) is 14.5 Å². The largest absolute Gasteiger partial charge is 0.497 e. The van der Waals surface area contributed by atoms with Crippen molar-refractivity contribution in [3.05, 3.63) is 95.8 Å². The number of amides is 2. The third-order valence-corrected chi connectivity index (χ3v) is 8.03. The zero-order chi connectivity index (χ0) is 28.8. The number of ether oxygens (including phenoxy) is 2. The number of thioether (sulfide) groups is 1. The first-order chi connectivity index (χ1) is 20.0. The molecule has 0 aliphatic carbocycles. The second kappa shape index (κ2) is 13.0. The lowest BCUT2D eigenvalue weighted by Crippen LogP contribution is -2.42. The summed E-state index contributed by atoms with van der Waals surface area (Å²) in [6.07, 6.45) is 0.659. The Morgan fingerprint density at radius 3 is 2.46 bits per heavy atom. The van der Waals surface area contributed by atoms with Gasteiger partial charge in [-0.25, -0.2) is 9.07 Å². The summed E-state index contributed by atoms with van der Waals surface area (Å²) in [5.74, 6) is 0.470. The zero-order valence-electron chi connectivity index (χ0n) is 22.9. The van der Waals surface area contributed by atoms with Crippen LogP contribution in [-0.2, 0) is 14.3 Å². The number of methoxy groups -OCH3 is 2. The van der Waals surface area contributed by atoms with Crippen molar-refractivity contribution in [1.82, 2.24) is 15.1 Å². The fourth-order valence-electron chi connectivity index (χ4n) is 4.78. The Morgan fingerprint density at radius 1 is 1.05 bits per heavy atom.